The van der Waals surface area contributed by atoms with Gasteiger partial charge in [-0.25, -0.2) is 0 Å². The van der Waals surface area contributed by atoms with Gasteiger partial charge < -0.3 is 14.2 Å². The van der Waals surface area contributed by atoms with Gasteiger partial charge in [0.05, 0.1) is 12.3 Å². The van der Waals surface area contributed by atoms with E-state index < -0.39 is 5.97 Å². The summed E-state index contributed by atoms with van der Waals surface area (Å²) >= 11 is 1.25. The molecule has 0 N–H and O–H groups in total. The van der Waals surface area contributed by atoms with Gasteiger partial charge in [-0.1, -0.05) is 42.1 Å². The van der Waals surface area contributed by atoms with Gasteiger partial charge in [0.2, 0.25) is 0 Å². The van der Waals surface area contributed by atoms with E-state index in [1.165, 1.54) is 16.7 Å². The van der Waals surface area contributed by atoms with E-state index in [0.717, 1.165) is 11.4 Å². The van der Waals surface area contributed by atoms with Gasteiger partial charge in [0.15, 0.2) is 11.8 Å². The molecule has 0 atom stereocenters. The van der Waals surface area contributed by atoms with Crippen molar-refractivity contribution in [3.8, 4) is 0 Å². The second-order valence-electron chi connectivity index (χ2n) is 5.34. The molecule has 0 radical (unpaired) electrons. The van der Waals surface area contributed by atoms with Crippen LogP contribution in [0.1, 0.15) is 11.4 Å². The van der Waals surface area contributed by atoms with Gasteiger partial charge in [0.25, 0.3) is 5.91 Å². The fourth-order valence-electron chi connectivity index (χ4n) is 1.85. The second kappa shape index (κ2) is 8.49. The Hall–Kier alpha value is -2.35. The topological polar surface area (TPSA) is 77.3 Å². The first-order valence-electron chi connectivity index (χ1n) is 7.39. The molecule has 0 fully saturated rings. The van der Waals surface area contributed by atoms with Gasteiger partial charge in [-0.05, 0) is 12.5 Å². The molecule has 1 heterocycles. The number of esters is 1. The van der Waals surface area contributed by atoms with Gasteiger partial charge in [-0.15, -0.1) is 10.2 Å². The minimum Gasteiger partial charge on any atom is -0.455 e. The number of ether oxygens (including phenoxy) is 1. The SMILES string of the molecule is Cc1nnc(SCC(=O)OCC(=O)N(C)C)n1Cc1ccccc1. The number of likely N-dealkylation sites (N-methyl/N-ethyl adjacent to an activating group) is 1. The zero-order chi connectivity index (χ0) is 17.5. The third-order valence-corrected chi connectivity index (χ3v) is 4.20. The van der Waals surface area contributed by atoms with Crippen molar-refractivity contribution in [3.63, 3.8) is 0 Å². The van der Waals surface area contributed by atoms with E-state index in [2.05, 4.69) is 10.2 Å². The van der Waals surface area contributed by atoms with Crippen molar-refractivity contribution in [3.05, 3.63) is 41.7 Å². The summed E-state index contributed by atoms with van der Waals surface area (Å²) in [6, 6.07) is 9.95. The molecule has 0 aliphatic heterocycles. The Morgan fingerprint density at radius 2 is 1.92 bits per heavy atom. The number of nitrogens with zero attached hydrogens (tertiary/aromatic N) is 4. The van der Waals surface area contributed by atoms with Crippen molar-refractivity contribution in [1.29, 1.82) is 0 Å². The van der Waals surface area contributed by atoms with Crippen LogP contribution in [0.15, 0.2) is 35.5 Å². The molecular formula is C16H20N4O3S. The van der Waals surface area contributed by atoms with E-state index >= 15 is 0 Å². The number of carbonyl (C=O) groups is 2. The summed E-state index contributed by atoms with van der Waals surface area (Å²) in [5.74, 6) is 0.143. The van der Waals surface area contributed by atoms with Crippen LogP contribution in [0.25, 0.3) is 0 Å². The summed E-state index contributed by atoms with van der Waals surface area (Å²) in [4.78, 5) is 24.5. The molecule has 2 aromatic rings. The maximum atomic E-state index is 11.7. The summed E-state index contributed by atoms with van der Waals surface area (Å²) in [6.45, 7) is 2.26. The number of hydrogen-bond acceptors (Lipinski definition) is 6. The predicted molar refractivity (Wildman–Crippen MR) is 90.7 cm³/mol. The molecule has 24 heavy (non-hydrogen) atoms. The van der Waals surface area contributed by atoms with Gasteiger partial charge in [-0.2, -0.15) is 0 Å². The van der Waals surface area contributed by atoms with E-state index in [0.29, 0.717) is 11.7 Å². The molecule has 128 valence electrons. The number of aryl methyl sites for hydroxylation is 1. The maximum Gasteiger partial charge on any atom is 0.316 e. The zero-order valence-electron chi connectivity index (χ0n) is 13.9. The van der Waals surface area contributed by atoms with Crippen molar-refractivity contribution in [2.24, 2.45) is 0 Å². The van der Waals surface area contributed by atoms with Crippen molar-refractivity contribution in [2.45, 2.75) is 18.6 Å². The lowest BCUT2D eigenvalue weighted by Gasteiger charge is -2.10. The lowest BCUT2D eigenvalue weighted by molar-refractivity contribution is -0.148. The van der Waals surface area contributed by atoms with Crippen LogP contribution in [0.2, 0.25) is 0 Å². The van der Waals surface area contributed by atoms with E-state index in [1.807, 2.05) is 41.8 Å². The largest absolute Gasteiger partial charge is 0.455 e. The van der Waals surface area contributed by atoms with Crippen molar-refractivity contribution in [2.75, 3.05) is 26.5 Å². The van der Waals surface area contributed by atoms with Crippen LogP contribution < -0.4 is 0 Å². The zero-order valence-corrected chi connectivity index (χ0v) is 14.7. The van der Waals surface area contributed by atoms with Crippen molar-refractivity contribution in [1.82, 2.24) is 19.7 Å². The van der Waals surface area contributed by atoms with E-state index in [9.17, 15) is 9.59 Å². The average molecular weight is 348 g/mol. The highest BCUT2D eigenvalue weighted by Gasteiger charge is 2.14. The normalized spacial score (nSPS) is 10.5. The molecule has 7 nitrogen and oxygen atoms in total. The molecule has 1 amide bonds. The Kier molecular flexibility index (Phi) is 6.36. The molecule has 1 aromatic carbocycles. The number of hydrogen-bond donors (Lipinski definition) is 0. The Bertz CT molecular complexity index is 701. The smallest absolute Gasteiger partial charge is 0.316 e. The lowest BCUT2D eigenvalue weighted by Crippen LogP contribution is -2.28. The first-order valence-corrected chi connectivity index (χ1v) is 8.38. The van der Waals surface area contributed by atoms with Crippen LogP contribution in [-0.4, -0.2) is 58.0 Å². The average Bonchev–Trinajstić information content (AvgIpc) is 2.91. The van der Waals surface area contributed by atoms with Gasteiger partial charge in [-0.3, -0.25) is 9.59 Å². The van der Waals surface area contributed by atoms with Crippen LogP contribution in [0, 0.1) is 6.92 Å². The Morgan fingerprint density at radius 3 is 2.58 bits per heavy atom. The highest BCUT2D eigenvalue weighted by atomic mass is 32.2. The molecule has 0 aliphatic rings. The second-order valence-corrected chi connectivity index (χ2v) is 6.28. The summed E-state index contributed by atoms with van der Waals surface area (Å²) in [5, 5.41) is 8.81. The van der Waals surface area contributed by atoms with Gasteiger partial charge in [0.1, 0.15) is 5.82 Å². The van der Waals surface area contributed by atoms with Gasteiger partial charge in [0, 0.05) is 14.1 Å². The highest BCUT2D eigenvalue weighted by Crippen LogP contribution is 2.18. The first kappa shape index (κ1) is 18.0. The molecule has 0 bridgehead atoms. The number of thioether (sulfide) groups is 1. The van der Waals surface area contributed by atoms with Crippen LogP contribution in [0.5, 0.6) is 0 Å². The molecule has 0 unspecified atom stereocenters. The van der Waals surface area contributed by atoms with Crippen LogP contribution >= 0.6 is 11.8 Å². The van der Waals surface area contributed by atoms with Crippen molar-refractivity contribution >= 4 is 23.6 Å². The van der Waals surface area contributed by atoms with E-state index in [1.54, 1.807) is 14.1 Å². The quantitative estimate of drug-likeness (QED) is 0.555. The number of amides is 1. The molecule has 0 saturated heterocycles. The Labute approximate surface area is 145 Å². The number of benzene rings is 1. The Balaban J connectivity index is 1.91. The van der Waals surface area contributed by atoms with Crippen LogP contribution in [-0.2, 0) is 20.9 Å². The molecule has 8 heteroatoms. The lowest BCUT2D eigenvalue weighted by atomic mass is 10.2. The molecule has 0 saturated carbocycles. The van der Waals surface area contributed by atoms with Crippen LogP contribution in [0.4, 0.5) is 0 Å². The fraction of sp³-hybridized carbons (Fsp3) is 0.375. The number of carbonyl (C=O) groups excluding carboxylic acids is 2. The van der Waals surface area contributed by atoms with E-state index in [4.69, 9.17) is 4.74 Å². The molecule has 0 spiro atoms. The maximum absolute atomic E-state index is 11.7. The Morgan fingerprint density at radius 1 is 1.21 bits per heavy atom. The molecule has 2 rings (SSSR count). The summed E-state index contributed by atoms with van der Waals surface area (Å²) in [5.41, 5.74) is 1.13. The highest BCUT2D eigenvalue weighted by molar-refractivity contribution is 7.99. The van der Waals surface area contributed by atoms with Gasteiger partial charge >= 0.3 is 5.97 Å². The number of aromatic nitrogens is 3. The predicted octanol–water partition coefficient (Wildman–Crippen LogP) is 1.36. The minimum absolute atomic E-state index is 0.0770. The standard InChI is InChI=1S/C16H20N4O3S/c1-12-17-18-16(20(12)9-13-7-5-4-6-8-13)24-11-15(22)23-10-14(21)19(2)3/h4-8H,9-11H2,1-3H3. The first-order chi connectivity index (χ1) is 11.5. The molecule has 0 aliphatic carbocycles. The summed E-state index contributed by atoms with van der Waals surface area (Å²) < 4.78 is 6.89. The van der Waals surface area contributed by atoms with Crippen molar-refractivity contribution < 1.29 is 14.3 Å². The number of rotatable bonds is 7. The van der Waals surface area contributed by atoms with E-state index in [-0.39, 0.29) is 18.3 Å². The molecular weight excluding hydrogens is 328 g/mol. The van der Waals surface area contributed by atoms with Crippen LogP contribution in [0.3, 0.4) is 0 Å². The monoisotopic (exact) mass is 348 g/mol. The minimum atomic E-state index is -0.456. The third kappa shape index (κ3) is 5.09. The summed E-state index contributed by atoms with van der Waals surface area (Å²) in [7, 11) is 3.22. The summed E-state index contributed by atoms with van der Waals surface area (Å²) in [6.07, 6.45) is 0. The molecule has 1 aromatic heterocycles. The fourth-order valence-corrected chi connectivity index (χ4v) is 2.63. The third-order valence-electron chi connectivity index (χ3n) is 3.26.